The van der Waals surface area contributed by atoms with Gasteiger partial charge in [-0.1, -0.05) is 24.5 Å². The Morgan fingerprint density at radius 1 is 1.14 bits per heavy atom. The van der Waals surface area contributed by atoms with Gasteiger partial charge < -0.3 is 26.5 Å². The van der Waals surface area contributed by atoms with Gasteiger partial charge in [-0.15, -0.1) is 0 Å². The first-order valence-corrected chi connectivity index (χ1v) is 11.4. The number of hydrogen-bond donors (Lipinski definition) is 5. The van der Waals surface area contributed by atoms with Crippen LogP contribution >= 0.6 is 0 Å². The van der Waals surface area contributed by atoms with E-state index in [4.69, 9.17) is 15.9 Å². The number of nitrogens with two attached hydrogens (primary N) is 2. The number of fused-ring (bicyclic) bond motifs is 2. The number of H-pyrrole nitrogens is 1. The quantitative estimate of drug-likeness (QED) is 0.216. The van der Waals surface area contributed by atoms with E-state index >= 15 is 0 Å². The predicted molar refractivity (Wildman–Crippen MR) is 135 cm³/mol. The number of anilines is 2. The smallest absolute Gasteiger partial charge is 0.408 e. The number of carbonyl (C=O) groups excluding carboxylic acids is 1. The van der Waals surface area contributed by atoms with Gasteiger partial charge in [-0.05, 0) is 50.1 Å². The van der Waals surface area contributed by atoms with Gasteiger partial charge in [-0.3, -0.25) is 9.78 Å². The van der Waals surface area contributed by atoms with Crippen molar-refractivity contribution in [1.82, 2.24) is 15.0 Å². The summed E-state index contributed by atoms with van der Waals surface area (Å²) >= 11 is 0. The molecule has 0 saturated heterocycles. The molecular weight excluding hydrogens is 448 g/mol. The molecule has 7 N–H and O–H groups in total. The second kappa shape index (κ2) is 9.09. The Kier molecular flexibility index (Phi) is 5.81. The summed E-state index contributed by atoms with van der Waals surface area (Å²) in [4.78, 5) is 40.6. The molecule has 1 saturated carbocycles. The van der Waals surface area contributed by atoms with Crippen molar-refractivity contribution in [3.63, 3.8) is 0 Å². The van der Waals surface area contributed by atoms with E-state index in [2.05, 4.69) is 30.6 Å². The summed E-state index contributed by atoms with van der Waals surface area (Å²) in [5.74, 6) is -0.415. The minimum atomic E-state index is -0.561. The number of amides is 1. The maximum Gasteiger partial charge on any atom is 0.417 e. The standard InChI is InChI=1S/C24H26N8O3/c1-12-6-8-15-14(10-12)20(29-16-4-2-3-5-17(16)30-23(25)26)32-21(28-15)22(33)27-13-7-9-19-18(11-13)31-24(34)35-19/h6-11,16-17H,2-5H2,1H3,(H,27,33)(H,31,34)(H4,25,26,30)(H,28,29,32)/t16-,17+/m0/s1. The van der Waals surface area contributed by atoms with Crippen molar-refractivity contribution in [3.05, 3.63) is 58.3 Å². The maximum absolute atomic E-state index is 13.1. The van der Waals surface area contributed by atoms with Crippen LogP contribution in [0.5, 0.6) is 0 Å². The van der Waals surface area contributed by atoms with E-state index in [9.17, 15) is 9.59 Å². The Morgan fingerprint density at radius 3 is 2.80 bits per heavy atom. The number of guanidine groups is 1. The first kappa shape index (κ1) is 22.4. The molecule has 35 heavy (non-hydrogen) atoms. The average Bonchev–Trinajstić information content (AvgIpc) is 3.19. The SMILES string of the molecule is Cc1ccc2nc(C(=O)Nc3ccc4oc(=O)[nH]c4c3)nc(N[C@H]3CCCC[C@H]3N=C(N)N)c2c1. The number of aromatic nitrogens is 3. The maximum atomic E-state index is 13.1. The molecular formula is C24H26N8O3. The number of nitrogens with zero attached hydrogens (tertiary/aromatic N) is 3. The normalized spacial score (nSPS) is 17.9. The van der Waals surface area contributed by atoms with Crippen molar-refractivity contribution < 1.29 is 9.21 Å². The number of nitrogens with one attached hydrogen (secondary N) is 3. The van der Waals surface area contributed by atoms with E-state index in [1.807, 2.05) is 25.1 Å². The second-order valence-electron chi connectivity index (χ2n) is 8.75. The zero-order valence-corrected chi connectivity index (χ0v) is 19.2. The van der Waals surface area contributed by atoms with Crippen molar-refractivity contribution in [2.75, 3.05) is 10.6 Å². The summed E-state index contributed by atoms with van der Waals surface area (Å²) < 4.78 is 5.01. The number of rotatable bonds is 5. The van der Waals surface area contributed by atoms with Crippen molar-refractivity contribution in [2.45, 2.75) is 44.7 Å². The number of carbonyl (C=O) groups is 1. The highest BCUT2D eigenvalue weighted by Gasteiger charge is 2.26. The van der Waals surface area contributed by atoms with Crippen LogP contribution in [0, 0.1) is 6.92 Å². The molecule has 0 bridgehead atoms. The van der Waals surface area contributed by atoms with Gasteiger partial charge in [-0.25, -0.2) is 19.8 Å². The lowest BCUT2D eigenvalue weighted by Crippen LogP contribution is -2.38. The average molecular weight is 475 g/mol. The van der Waals surface area contributed by atoms with Crippen LogP contribution in [0.25, 0.3) is 22.0 Å². The van der Waals surface area contributed by atoms with Gasteiger partial charge in [0.05, 0.1) is 23.1 Å². The molecule has 1 aliphatic rings. The Bertz CT molecular complexity index is 1500. The highest BCUT2D eigenvalue weighted by molar-refractivity contribution is 6.04. The number of oxazole rings is 1. The van der Waals surface area contributed by atoms with Crippen LogP contribution in [0.3, 0.4) is 0 Å². The Hall–Kier alpha value is -4.41. The Balaban J connectivity index is 1.48. The molecule has 2 atom stereocenters. The van der Waals surface area contributed by atoms with Crippen LogP contribution in [-0.4, -0.2) is 38.9 Å². The molecule has 2 aromatic heterocycles. The van der Waals surface area contributed by atoms with Crippen LogP contribution in [0.15, 0.2) is 50.6 Å². The molecule has 11 nitrogen and oxygen atoms in total. The highest BCUT2D eigenvalue weighted by Crippen LogP contribution is 2.28. The third-order valence-corrected chi connectivity index (χ3v) is 6.10. The monoisotopic (exact) mass is 474 g/mol. The molecule has 0 radical (unpaired) electrons. The van der Waals surface area contributed by atoms with E-state index in [1.165, 1.54) is 0 Å². The first-order valence-electron chi connectivity index (χ1n) is 11.4. The summed E-state index contributed by atoms with van der Waals surface area (Å²) in [5, 5.41) is 7.10. The topological polar surface area (TPSA) is 177 Å². The molecule has 0 aliphatic heterocycles. The largest absolute Gasteiger partial charge is 0.417 e. The second-order valence-corrected chi connectivity index (χ2v) is 8.75. The summed E-state index contributed by atoms with van der Waals surface area (Å²) in [6, 6.07) is 10.5. The fraction of sp³-hybridized carbons (Fsp3) is 0.292. The van der Waals surface area contributed by atoms with Gasteiger partial charge in [0.1, 0.15) is 5.82 Å². The fourth-order valence-corrected chi connectivity index (χ4v) is 4.47. The van der Waals surface area contributed by atoms with Gasteiger partial charge in [0.15, 0.2) is 11.5 Å². The lowest BCUT2D eigenvalue weighted by molar-refractivity contribution is 0.101. The number of hydrogen-bond acceptors (Lipinski definition) is 7. The van der Waals surface area contributed by atoms with Crippen molar-refractivity contribution in [2.24, 2.45) is 16.5 Å². The highest BCUT2D eigenvalue weighted by atomic mass is 16.4. The summed E-state index contributed by atoms with van der Waals surface area (Å²) in [6.07, 6.45) is 3.83. The number of aliphatic imine (C=N–C) groups is 1. The third-order valence-electron chi connectivity index (χ3n) is 6.10. The van der Waals surface area contributed by atoms with Gasteiger partial charge in [-0.2, -0.15) is 0 Å². The van der Waals surface area contributed by atoms with E-state index in [0.29, 0.717) is 28.1 Å². The Morgan fingerprint density at radius 2 is 1.97 bits per heavy atom. The molecule has 11 heteroatoms. The fourth-order valence-electron chi connectivity index (χ4n) is 4.47. The van der Waals surface area contributed by atoms with Crippen molar-refractivity contribution >= 4 is 45.4 Å². The first-order chi connectivity index (χ1) is 16.9. The molecule has 0 spiro atoms. The molecule has 1 amide bonds. The third kappa shape index (κ3) is 4.79. The van der Waals surface area contributed by atoms with Gasteiger partial charge in [0.2, 0.25) is 5.82 Å². The molecule has 5 rings (SSSR count). The summed E-state index contributed by atoms with van der Waals surface area (Å²) in [5.41, 5.74) is 14.4. The van der Waals surface area contributed by atoms with Gasteiger partial charge >= 0.3 is 5.76 Å². The summed E-state index contributed by atoms with van der Waals surface area (Å²) in [7, 11) is 0. The molecule has 2 aromatic carbocycles. The van der Waals surface area contributed by atoms with Crippen molar-refractivity contribution in [1.29, 1.82) is 0 Å². The summed E-state index contributed by atoms with van der Waals surface area (Å²) in [6.45, 7) is 1.99. The number of aryl methyl sites for hydroxylation is 1. The minimum Gasteiger partial charge on any atom is -0.408 e. The molecule has 1 fully saturated rings. The minimum absolute atomic E-state index is 0.0128. The Labute approximate surface area is 200 Å². The van der Waals surface area contributed by atoms with Crippen LogP contribution in [0.1, 0.15) is 41.9 Å². The number of aromatic amines is 1. The molecule has 180 valence electrons. The van der Waals surface area contributed by atoms with Crippen molar-refractivity contribution in [3.8, 4) is 0 Å². The van der Waals surface area contributed by atoms with Gasteiger partial charge in [0.25, 0.3) is 5.91 Å². The van der Waals surface area contributed by atoms with Crippen LogP contribution in [-0.2, 0) is 0 Å². The molecule has 1 aliphatic carbocycles. The molecule has 2 heterocycles. The van der Waals surface area contributed by atoms with Gasteiger partial charge in [0, 0.05) is 11.1 Å². The lowest BCUT2D eigenvalue weighted by Gasteiger charge is -2.30. The van der Waals surface area contributed by atoms with Crippen LogP contribution in [0.4, 0.5) is 11.5 Å². The van der Waals surface area contributed by atoms with E-state index in [-0.39, 0.29) is 23.9 Å². The van der Waals surface area contributed by atoms with Crippen LogP contribution < -0.4 is 27.9 Å². The molecule has 4 aromatic rings. The van der Waals surface area contributed by atoms with Crippen LogP contribution in [0.2, 0.25) is 0 Å². The number of benzene rings is 2. The predicted octanol–water partition coefficient (Wildman–Crippen LogP) is 2.62. The van der Waals surface area contributed by atoms with E-state index in [1.54, 1.807) is 18.2 Å². The lowest BCUT2D eigenvalue weighted by atomic mass is 9.90. The zero-order valence-electron chi connectivity index (χ0n) is 19.2. The van der Waals surface area contributed by atoms with E-state index in [0.717, 1.165) is 36.6 Å². The zero-order chi connectivity index (χ0) is 24.5. The van der Waals surface area contributed by atoms with E-state index < -0.39 is 11.7 Å². The molecule has 0 unspecified atom stereocenters.